The molecule has 0 aliphatic carbocycles. The Hall–Kier alpha value is -1.65. The highest BCUT2D eigenvalue weighted by Gasteiger charge is 2.23. The summed E-state index contributed by atoms with van der Waals surface area (Å²) >= 11 is 0. The third-order valence-electron chi connectivity index (χ3n) is 3.37. The number of hydrogen-bond donors (Lipinski definition) is 1. The van der Waals surface area contributed by atoms with Crippen molar-refractivity contribution in [3.8, 4) is 0 Å². The zero-order valence-corrected chi connectivity index (χ0v) is 11.2. The molecule has 1 aromatic rings. The lowest BCUT2D eigenvalue weighted by molar-refractivity contribution is -0.132. The minimum absolute atomic E-state index is 0.0149. The van der Waals surface area contributed by atoms with Crippen molar-refractivity contribution in [3.05, 3.63) is 47.5 Å². The molecule has 1 aromatic carbocycles. The fourth-order valence-corrected chi connectivity index (χ4v) is 2.23. The van der Waals surface area contributed by atoms with Gasteiger partial charge in [-0.25, -0.2) is 0 Å². The van der Waals surface area contributed by atoms with E-state index in [-0.39, 0.29) is 5.91 Å². The molecule has 0 saturated carbocycles. The van der Waals surface area contributed by atoms with Crippen molar-refractivity contribution in [2.45, 2.75) is 12.5 Å². The van der Waals surface area contributed by atoms with Crippen molar-refractivity contribution >= 4 is 5.91 Å². The van der Waals surface area contributed by atoms with Gasteiger partial charge in [-0.2, -0.15) is 0 Å². The summed E-state index contributed by atoms with van der Waals surface area (Å²) in [6.45, 7) is 1.99. The van der Waals surface area contributed by atoms with E-state index in [4.69, 9.17) is 10.5 Å². The summed E-state index contributed by atoms with van der Waals surface area (Å²) in [6, 6.07) is 8.92. The third kappa shape index (κ3) is 3.43. The van der Waals surface area contributed by atoms with E-state index in [1.54, 1.807) is 12.0 Å². The molecule has 0 radical (unpaired) electrons. The molecule has 4 nitrogen and oxygen atoms in total. The zero-order chi connectivity index (χ0) is 13.7. The van der Waals surface area contributed by atoms with Gasteiger partial charge in [0.25, 0.3) is 0 Å². The Morgan fingerprint density at radius 2 is 2.16 bits per heavy atom. The van der Waals surface area contributed by atoms with E-state index < -0.39 is 6.04 Å². The smallest absolute Gasteiger partial charge is 0.244 e. The minimum atomic E-state index is -0.571. The highest BCUT2D eigenvalue weighted by atomic mass is 16.5. The van der Waals surface area contributed by atoms with Gasteiger partial charge < -0.3 is 15.4 Å². The number of ether oxygens (including phenoxy) is 1. The molecule has 1 amide bonds. The normalized spacial score (nSPS) is 16.9. The maximum atomic E-state index is 12.3. The molecule has 4 heteroatoms. The van der Waals surface area contributed by atoms with E-state index in [0.717, 1.165) is 12.0 Å². The molecule has 102 valence electrons. The second-order valence-corrected chi connectivity index (χ2v) is 4.72. The average molecular weight is 260 g/mol. The van der Waals surface area contributed by atoms with Gasteiger partial charge in [0.15, 0.2) is 0 Å². The summed E-state index contributed by atoms with van der Waals surface area (Å²) in [5, 5.41) is 0. The Morgan fingerprint density at radius 1 is 1.42 bits per heavy atom. The van der Waals surface area contributed by atoms with Gasteiger partial charge in [-0.1, -0.05) is 36.4 Å². The Balaban J connectivity index is 1.98. The zero-order valence-electron chi connectivity index (χ0n) is 11.2. The fourth-order valence-electron chi connectivity index (χ4n) is 2.23. The Morgan fingerprint density at radius 3 is 2.74 bits per heavy atom. The predicted octanol–water partition coefficient (Wildman–Crippen LogP) is 1.49. The molecule has 1 aliphatic heterocycles. The maximum Gasteiger partial charge on any atom is 0.244 e. The van der Waals surface area contributed by atoms with Crippen molar-refractivity contribution in [2.24, 2.45) is 5.73 Å². The molecule has 0 fully saturated rings. The molecule has 19 heavy (non-hydrogen) atoms. The Bertz CT molecular complexity index is 456. The Labute approximate surface area is 113 Å². The van der Waals surface area contributed by atoms with E-state index in [1.807, 2.05) is 30.3 Å². The summed E-state index contributed by atoms with van der Waals surface area (Å²) < 4.78 is 5.10. The van der Waals surface area contributed by atoms with Gasteiger partial charge in [-0.05, 0) is 17.6 Å². The van der Waals surface area contributed by atoms with Gasteiger partial charge in [0.05, 0.1) is 6.61 Å². The van der Waals surface area contributed by atoms with Crippen LogP contribution in [0.15, 0.2) is 42.0 Å². The number of carbonyl (C=O) groups is 1. The van der Waals surface area contributed by atoms with Crippen LogP contribution in [0.1, 0.15) is 18.0 Å². The SMILES string of the molecule is COCC1=CCN(C(=O)C(N)c2ccccc2)CC1. The first kappa shape index (κ1) is 13.8. The van der Waals surface area contributed by atoms with Gasteiger partial charge in [0.1, 0.15) is 6.04 Å². The number of amides is 1. The molecule has 0 bridgehead atoms. The predicted molar refractivity (Wildman–Crippen MR) is 74.5 cm³/mol. The first-order valence-corrected chi connectivity index (χ1v) is 6.48. The monoisotopic (exact) mass is 260 g/mol. The second kappa shape index (κ2) is 6.50. The summed E-state index contributed by atoms with van der Waals surface area (Å²) in [4.78, 5) is 14.1. The second-order valence-electron chi connectivity index (χ2n) is 4.72. The van der Waals surface area contributed by atoms with Gasteiger partial charge >= 0.3 is 0 Å². The highest BCUT2D eigenvalue weighted by Crippen LogP contribution is 2.17. The third-order valence-corrected chi connectivity index (χ3v) is 3.37. The number of hydrogen-bond acceptors (Lipinski definition) is 3. The molecular formula is C15H20N2O2. The van der Waals surface area contributed by atoms with E-state index in [0.29, 0.717) is 19.7 Å². The van der Waals surface area contributed by atoms with Gasteiger partial charge in [0.2, 0.25) is 5.91 Å². The highest BCUT2D eigenvalue weighted by molar-refractivity contribution is 5.83. The van der Waals surface area contributed by atoms with Crippen LogP contribution >= 0.6 is 0 Å². The van der Waals surface area contributed by atoms with E-state index in [2.05, 4.69) is 6.08 Å². The van der Waals surface area contributed by atoms with Crippen molar-refractivity contribution in [1.29, 1.82) is 0 Å². The number of nitrogens with two attached hydrogens (primary N) is 1. The molecule has 0 aromatic heterocycles. The van der Waals surface area contributed by atoms with Crippen molar-refractivity contribution < 1.29 is 9.53 Å². The van der Waals surface area contributed by atoms with E-state index >= 15 is 0 Å². The van der Waals surface area contributed by atoms with Gasteiger partial charge in [-0.15, -0.1) is 0 Å². The lowest BCUT2D eigenvalue weighted by Crippen LogP contribution is -2.41. The van der Waals surface area contributed by atoms with Crippen LogP contribution in [-0.4, -0.2) is 37.6 Å². The molecule has 0 spiro atoms. The number of methoxy groups -OCH3 is 1. The topological polar surface area (TPSA) is 55.6 Å². The molecule has 2 N–H and O–H groups in total. The maximum absolute atomic E-state index is 12.3. The summed E-state index contributed by atoms with van der Waals surface area (Å²) in [6.07, 6.45) is 2.92. The standard InChI is InChI=1S/C15H20N2O2/c1-19-11-12-7-9-17(10-8-12)15(18)14(16)13-5-3-2-4-6-13/h2-7,14H,8-11,16H2,1H3. The van der Waals surface area contributed by atoms with Gasteiger partial charge in [-0.3, -0.25) is 4.79 Å². The average Bonchev–Trinajstić information content (AvgIpc) is 2.48. The van der Waals surface area contributed by atoms with Crippen LogP contribution in [0, 0.1) is 0 Å². The first-order valence-electron chi connectivity index (χ1n) is 6.48. The lowest BCUT2D eigenvalue weighted by Gasteiger charge is -2.28. The summed E-state index contributed by atoms with van der Waals surface area (Å²) in [7, 11) is 1.68. The van der Waals surface area contributed by atoms with Crippen LogP contribution in [-0.2, 0) is 9.53 Å². The molecule has 0 saturated heterocycles. The molecule has 1 unspecified atom stereocenters. The summed E-state index contributed by atoms with van der Waals surface area (Å²) in [5.41, 5.74) is 8.14. The van der Waals surface area contributed by atoms with Crippen LogP contribution < -0.4 is 5.73 Å². The first-order chi connectivity index (χ1) is 9.22. The van der Waals surface area contributed by atoms with E-state index in [9.17, 15) is 4.79 Å². The van der Waals surface area contributed by atoms with Crippen LogP contribution in [0.2, 0.25) is 0 Å². The largest absolute Gasteiger partial charge is 0.380 e. The lowest BCUT2D eigenvalue weighted by atomic mass is 10.0. The molecule has 1 atom stereocenters. The van der Waals surface area contributed by atoms with Crippen molar-refractivity contribution in [1.82, 2.24) is 4.90 Å². The molecule has 1 heterocycles. The Kier molecular flexibility index (Phi) is 4.71. The number of rotatable bonds is 4. The number of carbonyl (C=O) groups excluding carboxylic acids is 1. The number of nitrogens with zero attached hydrogens (tertiary/aromatic N) is 1. The van der Waals surface area contributed by atoms with Crippen molar-refractivity contribution in [2.75, 3.05) is 26.8 Å². The van der Waals surface area contributed by atoms with Crippen molar-refractivity contribution in [3.63, 3.8) is 0 Å². The molecular weight excluding hydrogens is 240 g/mol. The van der Waals surface area contributed by atoms with Crippen LogP contribution in [0.3, 0.4) is 0 Å². The quantitative estimate of drug-likeness (QED) is 0.835. The van der Waals surface area contributed by atoms with Crippen LogP contribution in [0.25, 0.3) is 0 Å². The summed E-state index contributed by atoms with van der Waals surface area (Å²) in [5.74, 6) is -0.0149. The van der Waals surface area contributed by atoms with Crippen LogP contribution in [0.4, 0.5) is 0 Å². The molecule has 2 rings (SSSR count). The van der Waals surface area contributed by atoms with Gasteiger partial charge in [0, 0.05) is 20.2 Å². The minimum Gasteiger partial charge on any atom is -0.380 e. The molecule has 1 aliphatic rings. The van der Waals surface area contributed by atoms with E-state index in [1.165, 1.54) is 5.57 Å². The number of benzene rings is 1. The fraction of sp³-hybridized carbons (Fsp3) is 0.400. The van der Waals surface area contributed by atoms with Crippen LogP contribution in [0.5, 0.6) is 0 Å².